The smallest absolute Gasteiger partial charge is 0.414 e. The number of hydrogen-bond acceptors (Lipinski definition) is 4. The molecule has 0 fully saturated rings. The molecule has 0 radical (unpaired) electrons. The van der Waals surface area contributed by atoms with Gasteiger partial charge in [-0.1, -0.05) is 129 Å². The van der Waals surface area contributed by atoms with E-state index in [0.29, 0.717) is 13.2 Å². The van der Waals surface area contributed by atoms with Crippen LogP contribution < -0.4 is 5.32 Å². The molecule has 0 aromatic carbocycles. The monoisotopic (exact) mass is 457 g/mol. The van der Waals surface area contributed by atoms with Gasteiger partial charge in [-0.3, -0.25) is 5.32 Å². The number of ether oxygens (including phenoxy) is 2. The van der Waals surface area contributed by atoms with Gasteiger partial charge in [0.05, 0.1) is 13.2 Å². The molecule has 0 aliphatic rings. The molecule has 4 nitrogen and oxygen atoms in total. The van der Waals surface area contributed by atoms with E-state index in [1.54, 1.807) is 0 Å². The number of thiocarbonyl (C=S) groups is 1. The van der Waals surface area contributed by atoms with Gasteiger partial charge in [-0.2, -0.15) is 0 Å². The molecule has 0 heterocycles. The van der Waals surface area contributed by atoms with E-state index in [4.69, 9.17) is 21.7 Å². The minimum atomic E-state index is -0.496. The summed E-state index contributed by atoms with van der Waals surface area (Å²) in [5, 5.41) is 2.63. The molecule has 0 aliphatic heterocycles. The first kappa shape index (κ1) is 30.2. The minimum absolute atomic E-state index is 0.129. The van der Waals surface area contributed by atoms with Crippen LogP contribution in [0.25, 0.3) is 0 Å². The van der Waals surface area contributed by atoms with Gasteiger partial charge < -0.3 is 9.47 Å². The van der Waals surface area contributed by atoms with Gasteiger partial charge in [-0.25, -0.2) is 4.79 Å². The number of amides is 1. The van der Waals surface area contributed by atoms with Crippen LogP contribution in [0.2, 0.25) is 0 Å². The fraction of sp³-hybridized carbons (Fsp3) is 0.923. The van der Waals surface area contributed by atoms with E-state index in [2.05, 4.69) is 19.2 Å². The van der Waals surface area contributed by atoms with Gasteiger partial charge in [0.1, 0.15) is 0 Å². The lowest BCUT2D eigenvalue weighted by Crippen LogP contribution is -2.31. The van der Waals surface area contributed by atoms with Crippen molar-refractivity contribution in [2.24, 2.45) is 0 Å². The molecule has 0 aromatic rings. The van der Waals surface area contributed by atoms with Crippen LogP contribution in [0, 0.1) is 0 Å². The molecule has 0 saturated carbocycles. The third kappa shape index (κ3) is 25.3. The zero-order valence-corrected chi connectivity index (χ0v) is 21.5. The molecule has 0 atom stereocenters. The summed E-state index contributed by atoms with van der Waals surface area (Å²) in [7, 11) is 0. The molecule has 0 unspecified atom stereocenters. The predicted molar refractivity (Wildman–Crippen MR) is 137 cm³/mol. The third-order valence-electron chi connectivity index (χ3n) is 5.67. The second-order valence-corrected chi connectivity index (χ2v) is 9.13. The molecule has 1 N–H and O–H groups in total. The Labute approximate surface area is 198 Å². The molecular formula is C26H51NO3S. The summed E-state index contributed by atoms with van der Waals surface area (Å²) < 4.78 is 10.6. The first-order valence-electron chi connectivity index (χ1n) is 13.3. The van der Waals surface area contributed by atoms with Crippen molar-refractivity contribution in [2.45, 2.75) is 142 Å². The number of alkyl carbamates (subject to hydrolysis) is 1. The van der Waals surface area contributed by atoms with Crippen molar-refractivity contribution in [1.29, 1.82) is 0 Å². The topological polar surface area (TPSA) is 47.6 Å². The highest BCUT2D eigenvalue weighted by atomic mass is 32.1. The summed E-state index contributed by atoms with van der Waals surface area (Å²) in [6.45, 7) is 5.52. The maximum absolute atomic E-state index is 11.7. The van der Waals surface area contributed by atoms with E-state index in [-0.39, 0.29) is 5.17 Å². The highest BCUT2D eigenvalue weighted by molar-refractivity contribution is 7.80. The molecule has 1 amide bonds. The van der Waals surface area contributed by atoms with Crippen LogP contribution in [0.1, 0.15) is 142 Å². The minimum Gasteiger partial charge on any atom is -0.471 e. The highest BCUT2D eigenvalue weighted by Gasteiger charge is 2.06. The summed E-state index contributed by atoms with van der Waals surface area (Å²) in [6, 6.07) is 0. The molecule has 0 rings (SSSR count). The number of carbonyl (C=O) groups is 1. The summed E-state index contributed by atoms with van der Waals surface area (Å²) in [6.07, 6.45) is 25.0. The van der Waals surface area contributed by atoms with Gasteiger partial charge in [0, 0.05) is 0 Å². The fourth-order valence-electron chi connectivity index (χ4n) is 3.66. The van der Waals surface area contributed by atoms with Crippen LogP contribution in [0.4, 0.5) is 4.79 Å². The molecule has 0 aromatic heterocycles. The molecule has 0 spiro atoms. The fourth-order valence-corrected chi connectivity index (χ4v) is 3.83. The average molecular weight is 458 g/mol. The van der Waals surface area contributed by atoms with E-state index < -0.39 is 6.09 Å². The number of carbonyl (C=O) groups excluding carboxylic acids is 1. The van der Waals surface area contributed by atoms with E-state index in [0.717, 1.165) is 25.7 Å². The van der Waals surface area contributed by atoms with Gasteiger partial charge in [0.25, 0.3) is 5.17 Å². The SMILES string of the molecule is CCCCCCCCCCCCOC(=O)NC(=S)OCCCCCCCCCCCC. The van der Waals surface area contributed by atoms with Crippen LogP contribution >= 0.6 is 12.2 Å². The van der Waals surface area contributed by atoms with Crippen molar-refractivity contribution in [3.05, 3.63) is 0 Å². The van der Waals surface area contributed by atoms with Crippen molar-refractivity contribution in [1.82, 2.24) is 5.32 Å². The summed E-state index contributed by atoms with van der Waals surface area (Å²) in [4.78, 5) is 11.7. The number of rotatable bonds is 22. The zero-order chi connectivity index (χ0) is 22.8. The van der Waals surface area contributed by atoms with Crippen LogP contribution in [0.15, 0.2) is 0 Å². The summed E-state index contributed by atoms with van der Waals surface area (Å²) in [5.41, 5.74) is 0. The first-order chi connectivity index (χ1) is 15.2. The lowest BCUT2D eigenvalue weighted by Gasteiger charge is -2.09. The Bertz CT molecular complexity index is 368. The van der Waals surface area contributed by atoms with E-state index in [9.17, 15) is 4.79 Å². The number of unbranched alkanes of at least 4 members (excludes halogenated alkanes) is 18. The van der Waals surface area contributed by atoms with Gasteiger partial charge in [0.2, 0.25) is 0 Å². The molecule has 5 heteroatoms. The second kappa shape index (κ2) is 25.4. The van der Waals surface area contributed by atoms with Gasteiger partial charge in [-0.05, 0) is 25.1 Å². The van der Waals surface area contributed by atoms with Crippen LogP contribution in [0.3, 0.4) is 0 Å². The van der Waals surface area contributed by atoms with Gasteiger partial charge >= 0.3 is 6.09 Å². The van der Waals surface area contributed by atoms with Crippen molar-refractivity contribution in [3.8, 4) is 0 Å². The number of hydrogen-bond donors (Lipinski definition) is 1. The zero-order valence-electron chi connectivity index (χ0n) is 20.7. The largest absolute Gasteiger partial charge is 0.471 e. The Kier molecular flexibility index (Phi) is 24.7. The van der Waals surface area contributed by atoms with E-state index >= 15 is 0 Å². The molecule has 0 bridgehead atoms. The first-order valence-corrected chi connectivity index (χ1v) is 13.7. The van der Waals surface area contributed by atoms with Gasteiger partial charge in [0.15, 0.2) is 0 Å². The number of nitrogens with one attached hydrogen (secondary N) is 1. The van der Waals surface area contributed by atoms with Crippen LogP contribution in [-0.4, -0.2) is 24.5 Å². The molecule has 0 aliphatic carbocycles. The predicted octanol–water partition coefficient (Wildman–Crippen LogP) is 8.86. The van der Waals surface area contributed by atoms with Crippen molar-refractivity contribution in [3.63, 3.8) is 0 Å². The Hall–Kier alpha value is -0.840. The lowest BCUT2D eigenvalue weighted by molar-refractivity contribution is 0.146. The Morgan fingerprint density at radius 1 is 0.548 bits per heavy atom. The quantitative estimate of drug-likeness (QED) is 0.130. The van der Waals surface area contributed by atoms with E-state index in [1.807, 2.05) is 0 Å². The maximum Gasteiger partial charge on any atom is 0.414 e. The summed E-state index contributed by atoms with van der Waals surface area (Å²) >= 11 is 5.05. The second-order valence-electron chi connectivity index (χ2n) is 8.76. The average Bonchev–Trinajstić information content (AvgIpc) is 2.75. The van der Waals surface area contributed by atoms with Crippen LogP contribution in [-0.2, 0) is 9.47 Å². The molecular weight excluding hydrogens is 406 g/mol. The standard InChI is InChI=1S/C26H51NO3S/c1-3-5-7-9-11-13-15-17-19-21-23-29-25(28)27-26(31)30-24-22-20-18-16-14-12-10-8-6-4-2/h3-24H2,1-2H3,(H,27,28,31). The highest BCUT2D eigenvalue weighted by Crippen LogP contribution is 2.11. The Balaban J connectivity index is 3.31. The van der Waals surface area contributed by atoms with Crippen molar-refractivity contribution < 1.29 is 14.3 Å². The third-order valence-corrected chi connectivity index (χ3v) is 5.89. The van der Waals surface area contributed by atoms with Crippen molar-refractivity contribution >= 4 is 23.5 Å². The maximum atomic E-state index is 11.7. The Morgan fingerprint density at radius 3 is 1.26 bits per heavy atom. The molecule has 184 valence electrons. The molecule has 0 saturated heterocycles. The van der Waals surface area contributed by atoms with Crippen LogP contribution in [0.5, 0.6) is 0 Å². The van der Waals surface area contributed by atoms with E-state index in [1.165, 1.54) is 103 Å². The molecule has 31 heavy (non-hydrogen) atoms. The lowest BCUT2D eigenvalue weighted by atomic mass is 10.1. The van der Waals surface area contributed by atoms with Gasteiger partial charge in [-0.15, -0.1) is 0 Å². The van der Waals surface area contributed by atoms with Crippen molar-refractivity contribution in [2.75, 3.05) is 13.2 Å². The summed E-state index contributed by atoms with van der Waals surface area (Å²) in [5.74, 6) is 0. The Morgan fingerprint density at radius 2 is 0.871 bits per heavy atom. The normalized spacial score (nSPS) is 10.8.